The van der Waals surface area contributed by atoms with Crippen LogP contribution in [0, 0.1) is 6.92 Å². The lowest BCUT2D eigenvalue weighted by molar-refractivity contribution is 0.236. The van der Waals surface area contributed by atoms with E-state index in [4.69, 9.17) is 16.3 Å². The lowest BCUT2D eigenvalue weighted by Crippen LogP contribution is -2.28. The largest absolute Gasteiger partial charge is 0.497 e. The summed E-state index contributed by atoms with van der Waals surface area (Å²) in [4.78, 5) is 18.1. The molecule has 2 aromatic heterocycles. The molecule has 5 aromatic rings. The fraction of sp³-hybridized carbons (Fsp3) is 0.214. The van der Waals surface area contributed by atoms with Crippen LogP contribution in [0.2, 0.25) is 5.02 Å². The van der Waals surface area contributed by atoms with Gasteiger partial charge in [-0.1, -0.05) is 53.6 Å². The molecule has 3 aromatic carbocycles. The van der Waals surface area contributed by atoms with E-state index >= 15 is 0 Å². The van der Waals surface area contributed by atoms with Crippen LogP contribution in [0.1, 0.15) is 28.1 Å². The average Bonchev–Trinajstić information content (AvgIpc) is 3.32. The number of nitrogens with one attached hydrogen (secondary N) is 1. The van der Waals surface area contributed by atoms with Crippen molar-refractivity contribution in [2.75, 3.05) is 7.11 Å². The number of ether oxygens (including phenoxy) is 1. The molecule has 0 radical (unpaired) electrons. The zero-order chi connectivity index (χ0) is 25.8. The van der Waals surface area contributed by atoms with Crippen molar-refractivity contribution < 1.29 is 4.74 Å². The third kappa shape index (κ3) is 5.87. The molecule has 0 saturated carbocycles. The van der Waals surface area contributed by atoms with Crippen LogP contribution in [0.25, 0.3) is 10.9 Å². The molecule has 2 heterocycles. The normalized spacial score (nSPS) is 11.4. The van der Waals surface area contributed by atoms with E-state index in [-0.39, 0.29) is 5.56 Å². The Morgan fingerprint density at radius 1 is 0.973 bits per heavy atom. The first-order valence-corrected chi connectivity index (χ1v) is 12.3. The zero-order valence-corrected chi connectivity index (χ0v) is 21.4. The minimum Gasteiger partial charge on any atom is -0.497 e. The van der Waals surface area contributed by atoms with Gasteiger partial charge in [0.25, 0.3) is 5.56 Å². The van der Waals surface area contributed by atoms with E-state index in [1.54, 1.807) is 11.8 Å². The summed E-state index contributed by atoms with van der Waals surface area (Å²) in [6, 6.07) is 23.5. The monoisotopic (exact) mass is 514 g/mol. The number of fused-ring (bicyclic) bond motifs is 1. The van der Waals surface area contributed by atoms with Gasteiger partial charge >= 0.3 is 0 Å². The zero-order valence-electron chi connectivity index (χ0n) is 20.7. The predicted octanol–water partition coefficient (Wildman–Crippen LogP) is 4.74. The second-order valence-corrected chi connectivity index (χ2v) is 9.46. The molecule has 0 aliphatic rings. The highest BCUT2D eigenvalue weighted by Crippen LogP contribution is 2.21. The molecule has 0 saturated heterocycles. The average molecular weight is 515 g/mol. The number of H-pyrrole nitrogens is 1. The molecule has 0 aliphatic carbocycles. The number of tetrazole rings is 1. The Balaban J connectivity index is 1.44. The van der Waals surface area contributed by atoms with Crippen molar-refractivity contribution in [3.05, 3.63) is 116 Å². The van der Waals surface area contributed by atoms with Crippen molar-refractivity contribution >= 4 is 22.5 Å². The van der Waals surface area contributed by atoms with Gasteiger partial charge in [-0.2, -0.15) is 0 Å². The van der Waals surface area contributed by atoms with Gasteiger partial charge in [0.15, 0.2) is 5.82 Å². The lowest BCUT2D eigenvalue weighted by atomic mass is 10.1. The summed E-state index contributed by atoms with van der Waals surface area (Å²) in [7, 11) is 1.64. The van der Waals surface area contributed by atoms with Crippen LogP contribution in [0.15, 0.2) is 77.6 Å². The molecule has 0 spiro atoms. The maximum absolute atomic E-state index is 13.0. The maximum atomic E-state index is 13.0. The van der Waals surface area contributed by atoms with Gasteiger partial charge in [0.2, 0.25) is 0 Å². The van der Waals surface area contributed by atoms with Gasteiger partial charge in [0, 0.05) is 29.2 Å². The van der Waals surface area contributed by atoms with Gasteiger partial charge in [-0.15, -0.1) is 5.10 Å². The van der Waals surface area contributed by atoms with E-state index in [2.05, 4.69) is 31.5 Å². The molecule has 0 fully saturated rings. The number of nitrogens with zero attached hydrogens (tertiary/aromatic N) is 5. The third-order valence-corrected chi connectivity index (χ3v) is 6.65. The van der Waals surface area contributed by atoms with Crippen LogP contribution < -0.4 is 10.3 Å². The number of rotatable bonds is 9. The number of halogens is 1. The summed E-state index contributed by atoms with van der Waals surface area (Å²) in [6.45, 7) is 3.92. The van der Waals surface area contributed by atoms with Crippen molar-refractivity contribution in [2.24, 2.45) is 0 Å². The van der Waals surface area contributed by atoms with Crippen LogP contribution in [-0.2, 0) is 26.2 Å². The topological polar surface area (TPSA) is 88.9 Å². The molecular formula is C28H27ClN6O2. The Morgan fingerprint density at radius 3 is 2.54 bits per heavy atom. The summed E-state index contributed by atoms with van der Waals surface area (Å²) >= 11 is 6.49. The van der Waals surface area contributed by atoms with Crippen LogP contribution in [0.5, 0.6) is 5.75 Å². The van der Waals surface area contributed by atoms with Gasteiger partial charge < -0.3 is 9.72 Å². The summed E-state index contributed by atoms with van der Waals surface area (Å²) in [5, 5.41) is 14.1. The molecule has 0 unspecified atom stereocenters. The number of hydrogen-bond donors (Lipinski definition) is 1. The van der Waals surface area contributed by atoms with Crippen molar-refractivity contribution in [1.29, 1.82) is 0 Å². The van der Waals surface area contributed by atoms with Crippen molar-refractivity contribution in [3.8, 4) is 5.75 Å². The molecule has 188 valence electrons. The van der Waals surface area contributed by atoms with Gasteiger partial charge in [-0.3, -0.25) is 9.69 Å². The van der Waals surface area contributed by atoms with E-state index in [0.29, 0.717) is 42.6 Å². The van der Waals surface area contributed by atoms with Crippen LogP contribution in [0.4, 0.5) is 0 Å². The number of benzene rings is 3. The third-order valence-electron chi connectivity index (χ3n) is 6.28. The number of methoxy groups -OCH3 is 1. The predicted molar refractivity (Wildman–Crippen MR) is 144 cm³/mol. The highest BCUT2D eigenvalue weighted by molar-refractivity contribution is 6.31. The van der Waals surface area contributed by atoms with Crippen LogP contribution >= 0.6 is 11.6 Å². The molecule has 0 bridgehead atoms. The molecule has 9 heteroatoms. The number of aromatic amines is 1. The standard InChI is InChI=1S/C28H27ClN6O2/c1-19-7-12-26-22(13-19)14-23(28(36)30-26)17-34(16-21-5-3-4-6-25(21)29)18-27-31-32-33-35(27)15-20-8-10-24(37-2)11-9-20/h3-14H,15-18H2,1-2H3,(H,30,36). The fourth-order valence-electron chi connectivity index (χ4n) is 4.33. The quantitative estimate of drug-likeness (QED) is 0.306. The summed E-state index contributed by atoms with van der Waals surface area (Å²) < 4.78 is 7.03. The van der Waals surface area contributed by atoms with Crippen LogP contribution in [0.3, 0.4) is 0 Å². The molecule has 0 atom stereocenters. The number of aromatic nitrogens is 5. The minimum absolute atomic E-state index is 0.113. The molecule has 0 amide bonds. The maximum Gasteiger partial charge on any atom is 0.252 e. The van der Waals surface area contributed by atoms with Crippen molar-refractivity contribution in [1.82, 2.24) is 30.1 Å². The lowest BCUT2D eigenvalue weighted by Gasteiger charge is -2.22. The van der Waals surface area contributed by atoms with Gasteiger partial charge in [0.1, 0.15) is 5.75 Å². The minimum atomic E-state index is -0.113. The summed E-state index contributed by atoms with van der Waals surface area (Å²) in [6.07, 6.45) is 0. The molecule has 0 aliphatic heterocycles. The number of pyridine rings is 1. The van der Waals surface area contributed by atoms with Gasteiger partial charge in [-0.05, 0) is 70.3 Å². The van der Waals surface area contributed by atoms with E-state index in [0.717, 1.165) is 33.3 Å². The Hall–Kier alpha value is -4.01. The molecule has 5 rings (SSSR count). The highest BCUT2D eigenvalue weighted by Gasteiger charge is 2.17. The van der Waals surface area contributed by atoms with E-state index < -0.39 is 0 Å². The van der Waals surface area contributed by atoms with E-state index in [1.165, 1.54) is 0 Å². The number of aryl methyl sites for hydroxylation is 1. The summed E-state index contributed by atoms with van der Waals surface area (Å²) in [5.74, 6) is 1.48. The summed E-state index contributed by atoms with van der Waals surface area (Å²) in [5.41, 5.74) is 4.52. The first-order chi connectivity index (χ1) is 18.0. The SMILES string of the molecule is COc1ccc(Cn2nnnc2CN(Cc2ccccc2Cl)Cc2cc3cc(C)ccc3[nH]c2=O)cc1. The van der Waals surface area contributed by atoms with Crippen molar-refractivity contribution in [2.45, 2.75) is 33.1 Å². The van der Waals surface area contributed by atoms with E-state index in [9.17, 15) is 4.79 Å². The Bertz CT molecular complexity index is 1580. The molecule has 8 nitrogen and oxygen atoms in total. The van der Waals surface area contributed by atoms with Crippen molar-refractivity contribution in [3.63, 3.8) is 0 Å². The first-order valence-electron chi connectivity index (χ1n) is 11.9. The Labute approximate surface area is 219 Å². The first kappa shape index (κ1) is 24.7. The van der Waals surface area contributed by atoms with Gasteiger partial charge in [0.05, 0.1) is 20.2 Å². The number of hydrogen-bond acceptors (Lipinski definition) is 6. The highest BCUT2D eigenvalue weighted by atomic mass is 35.5. The smallest absolute Gasteiger partial charge is 0.252 e. The van der Waals surface area contributed by atoms with E-state index in [1.807, 2.05) is 73.7 Å². The Kier molecular flexibility index (Phi) is 7.30. The second kappa shape index (κ2) is 10.9. The molecule has 1 N–H and O–H groups in total. The molecular weight excluding hydrogens is 488 g/mol. The fourth-order valence-corrected chi connectivity index (χ4v) is 4.52. The second-order valence-electron chi connectivity index (χ2n) is 9.05. The van der Waals surface area contributed by atoms with Crippen LogP contribution in [-0.4, -0.2) is 37.2 Å². The molecule has 37 heavy (non-hydrogen) atoms. The van der Waals surface area contributed by atoms with Gasteiger partial charge in [-0.25, -0.2) is 4.68 Å². The Morgan fingerprint density at radius 2 is 1.76 bits per heavy atom.